The average Bonchev–Trinajstić information content (AvgIpc) is 2.88. The van der Waals surface area contributed by atoms with Gasteiger partial charge in [-0.3, -0.25) is 9.59 Å². The summed E-state index contributed by atoms with van der Waals surface area (Å²) in [5.41, 5.74) is 0.998. The van der Waals surface area contributed by atoms with Gasteiger partial charge in [-0.2, -0.15) is 0 Å². The van der Waals surface area contributed by atoms with Crippen molar-refractivity contribution in [2.45, 2.75) is 123 Å². The first-order chi connectivity index (χ1) is 18.7. The van der Waals surface area contributed by atoms with Crippen LogP contribution < -0.4 is 0 Å². The summed E-state index contributed by atoms with van der Waals surface area (Å²) in [6.07, 6.45) is 7.41. The summed E-state index contributed by atoms with van der Waals surface area (Å²) in [6.45, 7) is 10.2. The molecule has 2 saturated heterocycles. The molecule has 2 heterocycles. The Morgan fingerprint density at radius 3 is 1.77 bits per heavy atom. The van der Waals surface area contributed by atoms with Gasteiger partial charge in [0.05, 0.1) is 25.0 Å². The van der Waals surface area contributed by atoms with Crippen molar-refractivity contribution in [1.82, 2.24) is 0 Å². The van der Waals surface area contributed by atoms with Gasteiger partial charge in [-0.15, -0.1) is 0 Å². The monoisotopic (exact) mass is 550 g/mol. The molecule has 0 spiro atoms. The second-order valence-electron chi connectivity index (χ2n) is 11.3. The van der Waals surface area contributed by atoms with E-state index >= 15 is 0 Å². The predicted molar refractivity (Wildman–Crippen MR) is 149 cm³/mol. The van der Waals surface area contributed by atoms with Crippen LogP contribution in [0.3, 0.4) is 0 Å². The normalized spacial score (nSPS) is 21.1. The molecule has 39 heavy (non-hydrogen) atoms. The molecule has 0 saturated carbocycles. The van der Waals surface area contributed by atoms with Gasteiger partial charge >= 0.3 is 11.9 Å². The summed E-state index contributed by atoms with van der Waals surface area (Å²) < 4.78 is 28.2. The molecule has 0 radical (unpaired) electrons. The van der Waals surface area contributed by atoms with Crippen molar-refractivity contribution in [2.75, 3.05) is 13.2 Å². The fraction of sp³-hybridized carbons (Fsp3) is 0.742. The van der Waals surface area contributed by atoms with Crippen molar-refractivity contribution < 1.29 is 38.4 Å². The number of benzene rings is 1. The van der Waals surface area contributed by atoms with Crippen LogP contribution in [0, 0.1) is 11.8 Å². The molecule has 1 aromatic carbocycles. The highest BCUT2D eigenvalue weighted by Gasteiger charge is 2.24. The van der Waals surface area contributed by atoms with Gasteiger partial charge in [0, 0.05) is 13.2 Å². The molecule has 1 N–H and O–H groups in total. The van der Waals surface area contributed by atoms with E-state index in [0.29, 0.717) is 18.4 Å². The SMILES string of the molecule is CC(C)CC(CC(=O)O)OC1CCCCO1.CC(C)CC(CC(=O)OCc1ccccc1)OC1CCCCO1. The van der Waals surface area contributed by atoms with Gasteiger partial charge in [0.2, 0.25) is 0 Å². The Balaban J connectivity index is 0.000000293. The molecule has 2 aliphatic rings. The number of rotatable bonds is 14. The zero-order valence-electron chi connectivity index (χ0n) is 24.3. The Morgan fingerprint density at radius 1 is 0.821 bits per heavy atom. The maximum absolute atomic E-state index is 12.1. The van der Waals surface area contributed by atoms with Crippen molar-refractivity contribution in [3.8, 4) is 0 Å². The molecule has 0 bridgehead atoms. The van der Waals surface area contributed by atoms with Gasteiger partial charge in [-0.05, 0) is 68.8 Å². The molecule has 4 atom stereocenters. The second kappa shape index (κ2) is 19.1. The van der Waals surface area contributed by atoms with Gasteiger partial charge < -0.3 is 28.8 Å². The van der Waals surface area contributed by atoms with E-state index in [2.05, 4.69) is 27.7 Å². The molecule has 8 heteroatoms. The van der Waals surface area contributed by atoms with Crippen molar-refractivity contribution in [2.24, 2.45) is 11.8 Å². The molecule has 4 unspecified atom stereocenters. The summed E-state index contributed by atoms with van der Waals surface area (Å²) in [6, 6.07) is 9.72. The van der Waals surface area contributed by atoms with Gasteiger partial charge in [-0.1, -0.05) is 58.0 Å². The first-order valence-corrected chi connectivity index (χ1v) is 14.7. The number of ether oxygens (including phenoxy) is 5. The number of hydrogen-bond acceptors (Lipinski definition) is 7. The first-order valence-electron chi connectivity index (χ1n) is 14.7. The van der Waals surface area contributed by atoms with E-state index in [1.807, 2.05) is 30.3 Å². The molecule has 1 aromatic rings. The Bertz CT molecular complexity index is 785. The first kappa shape index (κ1) is 33.2. The highest BCUT2D eigenvalue weighted by atomic mass is 16.7. The predicted octanol–water partition coefficient (Wildman–Crippen LogP) is 6.50. The summed E-state index contributed by atoms with van der Waals surface area (Å²) in [7, 11) is 0. The highest BCUT2D eigenvalue weighted by Crippen LogP contribution is 2.22. The van der Waals surface area contributed by atoms with Gasteiger partial charge in [0.15, 0.2) is 12.6 Å². The van der Waals surface area contributed by atoms with Gasteiger partial charge in [-0.25, -0.2) is 0 Å². The minimum absolute atomic E-state index is 0.0675. The van der Waals surface area contributed by atoms with Crippen LogP contribution in [0.25, 0.3) is 0 Å². The molecule has 8 nitrogen and oxygen atoms in total. The van der Waals surface area contributed by atoms with Crippen LogP contribution in [-0.4, -0.2) is 55.0 Å². The van der Waals surface area contributed by atoms with E-state index in [9.17, 15) is 9.59 Å². The molecular formula is C31H50O8. The average molecular weight is 551 g/mol. The summed E-state index contributed by atoms with van der Waals surface area (Å²) >= 11 is 0. The van der Waals surface area contributed by atoms with E-state index in [1.165, 1.54) is 0 Å². The Morgan fingerprint density at radius 2 is 1.33 bits per heavy atom. The fourth-order valence-corrected chi connectivity index (χ4v) is 4.67. The van der Waals surface area contributed by atoms with Crippen LogP contribution in [0.5, 0.6) is 0 Å². The number of aliphatic carboxylic acids is 1. The lowest BCUT2D eigenvalue weighted by Gasteiger charge is -2.28. The highest BCUT2D eigenvalue weighted by molar-refractivity contribution is 5.70. The van der Waals surface area contributed by atoms with Crippen molar-refractivity contribution in [3.05, 3.63) is 35.9 Å². The lowest BCUT2D eigenvalue weighted by Crippen LogP contribution is -2.30. The van der Waals surface area contributed by atoms with Crippen LogP contribution in [0.1, 0.15) is 97.5 Å². The smallest absolute Gasteiger partial charge is 0.308 e. The Hall–Kier alpha value is -2.00. The molecule has 0 aromatic heterocycles. The second-order valence-corrected chi connectivity index (χ2v) is 11.3. The largest absolute Gasteiger partial charge is 0.481 e. The lowest BCUT2D eigenvalue weighted by atomic mass is 10.0. The lowest BCUT2D eigenvalue weighted by molar-refractivity contribution is -0.196. The molecule has 2 fully saturated rings. The number of carbonyl (C=O) groups is 2. The van der Waals surface area contributed by atoms with Crippen LogP contribution >= 0.6 is 0 Å². The third kappa shape index (κ3) is 16.0. The number of hydrogen-bond donors (Lipinski definition) is 1. The molecular weight excluding hydrogens is 500 g/mol. The maximum Gasteiger partial charge on any atom is 0.308 e. The quantitative estimate of drug-likeness (QED) is 0.262. The van der Waals surface area contributed by atoms with Crippen molar-refractivity contribution in [1.29, 1.82) is 0 Å². The number of carboxylic acids is 1. The van der Waals surface area contributed by atoms with Crippen LogP contribution in [0.4, 0.5) is 0 Å². The zero-order valence-corrected chi connectivity index (χ0v) is 24.3. The van der Waals surface area contributed by atoms with Crippen LogP contribution in [0.2, 0.25) is 0 Å². The minimum atomic E-state index is -0.804. The molecule has 0 amide bonds. The van der Waals surface area contributed by atoms with E-state index in [1.54, 1.807) is 0 Å². The molecule has 2 aliphatic heterocycles. The van der Waals surface area contributed by atoms with E-state index < -0.39 is 5.97 Å². The standard InChI is InChI=1S/C19H28O4.C12H22O4/c1-15(2)12-17(23-19-10-6-7-11-21-19)13-18(20)22-14-16-8-4-3-5-9-16;1-9(2)7-10(8-11(13)14)16-12-5-3-4-6-15-12/h3-5,8-9,15,17,19H,6-7,10-14H2,1-2H3;9-10,12H,3-8H2,1-2H3,(H,13,14). The van der Waals surface area contributed by atoms with Gasteiger partial charge in [0.1, 0.15) is 6.61 Å². The zero-order chi connectivity index (χ0) is 28.5. The molecule has 222 valence electrons. The summed E-state index contributed by atoms with van der Waals surface area (Å²) in [4.78, 5) is 22.8. The van der Waals surface area contributed by atoms with Crippen LogP contribution in [0.15, 0.2) is 30.3 Å². The van der Waals surface area contributed by atoms with Crippen molar-refractivity contribution in [3.63, 3.8) is 0 Å². The maximum atomic E-state index is 12.1. The third-order valence-electron chi connectivity index (χ3n) is 6.47. The van der Waals surface area contributed by atoms with E-state index in [-0.39, 0.29) is 43.6 Å². The van der Waals surface area contributed by atoms with E-state index in [4.69, 9.17) is 28.8 Å². The summed E-state index contributed by atoms with van der Waals surface area (Å²) in [5.74, 6) is -0.116. The third-order valence-corrected chi connectivity index (χ3v) is 6.47. The van der Waals surface area contributed by atoms with Crippen molar-refractivity contribution >= 4 is 11.9 Å². The number of carboxylic acid groups (broad SMARTS) is 1. The topological polar surface area (TPSA) is 101 Å². The van der Waals surface area contributed by atoms with E-state index in [0.717, 1.165) is 70.1 Å². The van der Waals surface area contributed by atoms with Gasteiger partial charge in [0.25, 0.3) is 0 Å². The van der Waals surface area contributed by atoms with Crippen LogP contribution in [-0.2, 0) is 39.9 Å². The Labute approximate surface area is 234 Å². The Kier molecular flexibility index (Phi) is 16.3. The number of esters is 1. The molecule has 0 aliphatic carbocycles. The number of carbonyl (C=O) groups excluding carboxylic acids is 1. The minimum Gasteiger partial charge on any atom is -0.481 e. The molecule has 3 rings (SSSR count). The summed E-state index contributed by atoms with van der Waals surface area (Å²) in [5, 5.41) is 8.81. The fourth-order valence-electron chi connectivity index (χ4n) is 4.67.